The molecule has 3 aromatic heterocycles. The standard InChI is InChI=1S/C54H32N4OS/c1-3-13-33(14-4-1)35-23-26-37(27-24-35)54-55-45-32-47-49(43-21-11-12-22-46(43)59-47)48(50(45)60-54)41-30-39-19-9-10-20-42(39)44(31-41)53-57-51(36-16-5-2-6-17-36)56-52(58-53)40-28-25-34-15-7-8-18-38(34)29-40/h1-32H. The van der Waals surface area contributed by atoms with Crippen LogP contribution in [0.1, 0.15) is 0 Å². The third kappa shape index (κ3) is 5.84. The van der Waals surface area contributed by atoms with Gasteiger partial charge in [0, 0.05) is 44.7 Å². The fourth-order valence-corrected chi connectivity index (χ4v) is 9.54. The van der Waals surface area contributed by atoms with E-state index < -0.39 is 0 Å². The van der Waals surface area contributed by atoms with Crippen LogP contribution in [-0.2, 0) is 0 Å². The lowest BCUT2D eigenvalue weighted by Gasteiger charge is -2.14. The largest absolute Gasteiger partial charge is 0.456 e. The Balaban J connectivity index is 1.10. The molecule has 0 amide bonds. The Morgan fingerprint density at radius 2 is 0.950 bits per heavy atom. The molecule has 0 spiro atoms. The average Bonchev–Trinajstić information content (AvgIpc) is 3.92. The fourth-order valence-electron chi connectivity index (χ4n) is 8.42. The van der Waals surface area contributed by atoms with E-state index in [9.17, 15) is 0 Å². The van der Waals surface area contributed by atoms with Crippen LogP contribution in [0.4, 0.5) is 0 Å². The second-order valence-electron chi connectivity index (χ2n) is 15.0. The van der Waals surface area contributed by atoms with Crippen molar-refractivity contribution in [1.82, 2.24) is 19.9 Å². The van der Waals surface area contributed by atoms with Crippen molar-refractivity contribution in [3.8, 4) is 67.0 Å². The molecule has 0 bridgehead atoms. The van der Waals surface area contributed by atoms with Gasteiger partial charge in [0.25, 0.3) is 0 Å². The molecule has 0 radical (unpaired) electrons. The molecular formula is C54H32N4OS. The molecule has 0 saturated carbocycles. The van der Waals surface area contributed by atoms with Crippen molar-refractivity contribution in [3.05, 3.63) is 194 Å². The normalized spacial score (nSPS) is 11.7. The van der Waals surface area contributed by atoms with Crippen molar-refractivity contribution in [2.24, 2.45) is 0 Å². The smallest absolute Gasteiger partial charge is 0.164 e. The predicted molar refractivity (Wildman–Crippen MR) is 248 cm³/mol. The minimum Gasteiger partial charge on any atom is -0.456 e. The summed E-state index contributed by atoms with van der Waals surface area (Å²) in [5.74, 6) is 1.85. The van der Waals surface area contributed by atoms with Crippen LogP contribution in [0.15, 0.2) is 199 Å². The van der Waals surface area contributed by atoms with Gasteiger partial charge in [-0.25, -0.2) is 19.9 Å². The molecule has 9 aromatic carbocycles. The van der Waals surface area contributed by atoms with Gasteiger partial charge in [-0.2, -0.15) is 0 Å². The van der Waals surface area contributed by atoms with Crippen LogP contribution in [0.25, 0.3) is 121 Å². The van der Waals surface area contributed by atoms with E-state index in [2.05, 4.69) is 158 Å². The van der Waals surface area contributed by atoms with Crippen molar-refractivity contribution in [3.63, 3.8) is 0 Å². The first-order valence-electron chi connectivity index (χ1n) is 20.0. The van der Waals surface area contributed by atoms with Gasteiger partial charge in [-0.3, -0.25) is 0 Å². The van der Waals surface area contributed by atoms with Crippen LogP contribution in [0.2, 0.25) is 0 Å². The number of hydrogen-bond donors (Lipinski definition) is 0. The molecule has 12 rings (SSSR count). The van der Waals surface area contributed by atoms with Gasteiger partial charge in [0.15, 0.2) is 17.5 Å². The van der Waals surface area contributed by atoms with Gasteiger partial charge in [-0.1, -0.05) is 164 Å². The summed E-state index contributed by atoms with van der Waals surface area (Å²) in [4.78, 5) is 20.9. The Labute approximate surface area is 348 Å². The highest BCUT2D eigenvalue weighted by molar-refractivity contribution is 7.22. The molecule has 0 fully saturated rings. The van der Waals surface area contributed by atoms with E-state index >= 15 is 0 Å². The molecule has 12 aromatic rings. The van der Waals surface area contributed by atoms with Crippen LogP contribution in [-0.4, -0.2) is 19.9 Å². The first-order chi connectivity index (χ1) is 29.7. The highest BCUT2D eigenvalue weighted by atomic mass is 32.1. The molecule has 6 heteroatoms. The van der Waals surface area contributed by atoms with E-state index in [0.717, 1.165) is 86.7 Å². The van der Waals surface area contributed by atoms with Crippen molar-refractivity contribution >= 4 is 65.0 Å². The molecule has 0 saturated heterocycles. The second kappa shape index (κ2) is 13.9. The van der Waals surface area contributed by atoms with Crippen molar-refractivity contribution in [2.75, 3.05) is 0 Å². The number of furan rings is 1. The minimum absolute atomic E-state index is 0.606. The number of nitrogens with zero attached hydrogens (tertiary/aromatic N) is 4. The Hall–Kier alpha value is -7.80. The molecule has 0 N–H and O–H groups in total. The van der Waals surface area contributed by atoms with Crippen molar-refractivity contribution in [1.29, 1.82) is 0 Å². The first-order valence-corrected chi connectivity index (χ1v) is 20.8. The minimum atomic E-state index is 0.606. The van der Waals surface area contributed by atoms with E-state index in [1.165, 1.54) is 16.5 Å². The Morgan fingerprint density at radius 3 is 1.75 bits per heavy atom. The summed E-state index contributed by atoms with van der Waals surface area (Å²) in [6, 6.07) is 67.5. The molecule has 3 heterocycles. The van der Waals surface area contributed by atoms with Gasteiger partial charge < -0.3 is 4.42 Å². The van der Waals surface area contributed by atoms with E-state index in [1.54, 1.807) is 11.3 Å². The quantitative estimate of drug-likeness (QED) is 0.168. The van der Waals surface area contributed by atoms with Crippen LogP contribution in [0.5, 0.6) is 0 Å². The molecule has 60 heavy (non-hydrogen) atoms. The maximum Gasteiger partial charge on any atom is 0.164 e. The van der Waals surface area contributed by atoms with E-state index in [1.807, 2.05) is 36.4 Å². The molecule has 0 aliphatic rings. The number of thiazole rings is 1. The number of fused-ring (bicyclic) bond motifs is 6. The summed E-state index contributed by atoms with van der Waals surface area (Å²) in [6.07, 6.45) is 0. The molecule has 0 atom stereocenters. The first kappa shape index (κ1) is 34.3. The van der Waals surface area contributed by atoms with E-state index in [4.69, 9.17) is 24.4 Å². The van der Waals surface area contributed by atoms with Gasteiger partial charge in [-0.05, 0) is 62.5 Å². The molecule has 280 valence electrons. The Kier molecular flexibility index (Phi) is 7.96. The zero-order valence-electron chi connectivity index (χ0n) is 32.1. The lowest BCUT2D eigenvalue weighted by molar-refractivity contribution is 0.669. The summed E-state index contributed by atoms with van der Waals surface area (Å²) in [5.41, 5.74) is 10.9. The topological polar surface area (TPSA) is 64.7 Å². The van der Waals surface area contributed by atoms with Gasteiger partial charge in [0.05, 0.1) is 10.2 Å². The third-order valence-corrected chi connectivity index (χ3v) is 12.5. The van der Waals surface area contributed by atoms with Crippen LogP contribution in [0.3, 0.4) is 0 Å². The van der Waals surface area contributed by atoms with Crippen LogP contribution >= 0.6 is 11.3 Å². The summed E-state index contributed by atoms with van der Waals surface area (Å²) in [5, 5.41) is 7.51. The monoisotopic (exact) mass is 784 g/mol. The number of rotatable bonds is 6. The van der Waals surface area contributed by atoms with E-state index in [-0.39, 0.29) is 0 Å². The Bertz CT molecular complexity index is 3600. The van der Waals surface area contributed by atoms with Crippen molar-refractivity contribution < 1.29 is 4.42 Å². The summed E-state index contributed by atoms with van der Waals surface area (Å²) in [7, 11) is 0. The van der Waals surface area contributed by atoms with E-state index in [0.29, 0.717) is 17.5 Å². The number of para-hydroxylation sites is 1. The number of hydrogen-bond acceptors (Lipinski definition) is 6. The summed E-state index contributed by atoms with van der Waals surface area (Å²) in [6.45, 7) is 0. The average molecular weight is 785 g/mol. The molecule has 5 nitrogen and oxygen atoms in total. The van der Waals surface area contributed by atoms with Crippen molar-refractivity contribution in [2.45, 2.75) is 0 Å². The van der Waals surface area contributed by atoms with Gasteiger partial charge in [0.1, 0.15) is 16.2 Å². The lowest BCUT2D eigenvalue weighted by atomic mass is 9.93. The molecule has 0 aliphatic heterocycles. The summed E-state index contributed by atoms with van der Waals surface area (Å²) >= 11 is 1.71. The van der Waals surface area contributed by atoms with Gasteiger partial charge in [0.2, 0.25) is 0 Å². The van der Waals surface area contributed by atoms with Gasteiger partial charge in [-0.15, -0.1) is 11.3 Å². The number of aromatic nitrogens is 4. The Morgan fingerprint density at radius 1 is 0.367 bits per heavy atom. The predicted octanol–water partition coefficient (Wildman–Crippen LogP) is 14.7. The highest BCUT2D eigenvalue weighted by Crippen LogP contribution is 2.47. The zero-order valence-corrected chi connectivity index (χ0v) is 32.9. The fraction of sp³-hybridized carbons (Fsp3) is 0. The van der Waals surface area contributed by atoms with Crippen LogP contribution in [0, 0.1) is 0 Å². The van der Waals surface area contributed by atoms with Crippen LogP contribution < -0.4 is 0 Å². The number of benzene rings is 9. The highest BCUT2D eigenvalue weighted by Gasteiger charge is 2.23. The molecule has 0 aliphatic carbocycles. The SMILES string of the molecule is c1ccc(-c2ccc(-c3nc4cc5oc6ccccc6c5c(-c5cc(-c6nc(-c7ccccc7)nc(-c7ccc8ccccc8c7)n6)c6ccccc6c5)c4s3)cc2)cc1. The maximum atomic E-state index is 6.60. The molecular weight excluding hydrogens is 753 g/mol. The maximum absolute atomic E-state index is 6.60. The molecule has 0 unspecified atom stereocenters. The lowest BCUT2D eigenvalue weighted by Crippen LogP contribution is -2.01. The van der Waals surface area contributed by atoms with Gasteiger partial charge >= 0.3 is 0 Å². The zero-order chi connectivity index (χ0) is 39.6. The summed E-state index contributed by atoms with van der Waals surface area (Å²) < 4.78 is 7.69. The third-order valence-electron chi connectivity index (χ3n) is 11.3. The second-order valence-corrected chi connectivity index (χ2v) is 16.0.